The maximum absolute atomic E-state index is 12.1. The molecule has 142 valence electrons. The Morgan fingerprint density at radius 3 is 2.38 bits per heavy atom. The van der Waals surface area contributed by atoms with Gasteiger partial charge in [0.1, 0.15) is 5.25 Å². The lowest BCUT2D eigenvalue weighted by Crippen LogP contribution is -2.47. The summed E-state index contributed by atoms with van der Waals surface area (Å²) in [4.78, 5) is 36.8. The minimum atomic E-state index is -1.05. The van der Waals surface area contributed by atoms with Crippen molar-refractivity contribution in [2.75, 3.05) is 0 Å². The molecule has 1 saturated carbocycles. The number of ether oxygens (including phenoxy) is 1. The lowest BCUT2D eigenvalue weighted by atomic mass is 10.2. The van der Waals surface area contributed by atoms with Gasteiger partial charge in [0.15, 0.2) is 6.10 Å². The minimum Gasteiger partial charge on any atom is -0.452 e. The van der Waals surface area contributed by atoms with Crippen LogP contribution in [0.2, 0.25) is 5.02 Å². The Balaban J connectivity index is 1.76. The molecule has 1 aromatic rings. The largest absolute Gasteiger partial charge is 0.452 e. The van der Waals surface area contributed by atoms with Gasteiger partial charge in [0.2, 0.25) is 0 Å². The van der Waals surface area contributed by atoms with E-state index < -0.39 is 29.3 Å². The van der Waals surface area contributed by atoms with Gasteiger partial charge < -0.3 is 10.1 Å². The number of esters is 1. The van der Waals surface area contributed by atoms with E-state index in [9.17, 15) is 14.4 Å². The number of benzene rings is 1. The van der Waals surface area contributed by atoms with E-state index in [1.165, 1.54) is 18.7 Å². The van der Waals surface area contributed by atoms with Gasteiger partial charge in [-0.15, -0.1) is 11.8 Å². The Kier molecular flexibility index (Phi) is 7.78. The number of hydrogen-bond acceptors (Lipinski definition) is 5. The van der Waals surface area contributed by atoms with E-state index in [4.69, 9.17) is 16.3 Å². The van der Waals surface area contributed by atoms with E-state index in [0.717, 1.165) is 30.6 Å². The molecule has 0 aromatic heterocycles. The lowest BCUT2D eigenvalue weighted by Gasteiger charge is -2.17. The monoisotopic (exact) mass is 398 g/mol. The highest BCUT2D eigenvalue weighted by Gasteiger charge is 2.25. The van der Waals surface area contributed by atoms with E-state index in [2.05, 4.69) is 10.6 Å². The van der Waals surface area contributed by atoms with Crippen LogP contribution >= 0.6 is 23.4 Å². The summed E-state index contributed by atoms with van der Waals surface area (Å²) in [7, 11) is 0. The molecule has 1 aliphatic rings. The standard InChI is InChI=1S/C18H23ClN2O4S/c1-11(16(22)21-18(24)20-14-5-3-4-6-14)25-17(23)12(2)26-15-9-7-13(19)8-10-15/h7-12,14H,3-6H2,1-2H3,(H2,20,21,22,24)/t11-,12+/m1/s1. The van der Waals surface area contributed by atoms with Gasteiger partial charge in [-0.2, -0.15) is 0 Å². The molecule has 0 radical (unpaired) electrons. The van der Waals surface area contributed by atoms with Gasteiger partial charge in [-0.05, 0) is 51.0 Å². The highest BCUT2D eigenvalue weighted by Crippen LogP contribution is 2.25. The number of imide groups is 1. The van der Waals surface area contributed by atoms with Crippen molar-refractivity contribution < 1.29 is 19.1 Å². The molecule has 2 N–H and O–H groups in total. The molecule has 2 rings (SSSR count). The second-order valence-electron chi connectivity index (χ2n) is 6.24. The Hall–Kier alpha value is -1.73. The fraction of sp³-hybridized carbons (Fsp3) is 0.500. The zero-order valence-corrected chi connectivity index (χ0v) is 16.4. The van der Waals surface area contributed by atoms with Crippen molar-refractivity contribution in [3.8, 4) is 0 Å². The van der Waals surface area contributed by atoms with Crippen LogP contribution in [0, 0.1) is 0 Å². The Bertz CT molecular complexity index is 647. The summed E-state index contributed by atoms with van der Waals surface area (Å²) < 4.78 is 5.16. The summed E-state index contributed by atoms with van der Waals surface area (Å²) >= 11 is 7.14. The topological polar surface area (TPSA) is 84.5 Å². The van der Waals surface area contributed by atoms with Crippen LogP contribution in [0.25, 0.3) is 0 Å². The number of nitrogens with one attached hydrogen (secondary N) is 2. The van der Waals surface area contributed by atoms with Crippen molar-refractivity contribution in [3.63, 3.8) is 0 Å². The van der Waals surface area contributed by atoms with Gasteiger partial charge in [-0.25, -0.2) is 4.79 Å². The van der Waals surface area contributed by atoms with Crippen molar-refractivity contribution in [1.82, 2.24) is 10.6 Å². The van der Waals surface area contributed by atoms with Crippen molar-refractivity contribution in [2.45, 2.75) is 61.8 Å². The molecular formula is C18H23ClN2O4S. The normalized spacial score (nSPS) is 16.6. The number of carbonyl (C=O) groups is 3. The number of amides is 3. The molecule has 8 heteroatoms. The van der Waals surface area contributed by atoms with Crippen LogP contribution in [0.4, 0.5) is 4.79 Å². The van der Waals surface area contributed by atoms with Crippen LogP contribution in [0.5, 0.6) is 0 Å². The van der Waals surface area contributed by atoms with Gasteiger partial charge in [0.25, 0.3) is 5.91 Å². The van der Waals surface area contributed by atoms with Crippen LogP contribution in [0.3, 0.4) is 0 Å². The summed E-state index contributed by atoms with van der Waals surface area (Å²) in [6.07, 6.45) is 2.95. The van der Waals surface area contributed by atoms with Gasteiger partial charge >= 0.3 is 12.0 Å². The quantitative estimate of drug-likeness (QED) is 0.565. The van der Waals surface area contributed by atoms with E-state index in [0.29, 0.717) is 5.02 Å². The number of urea groups is 1. The number of hydrogen-bond donors (Lipinski definition) is 2. The molecule has 0 saturated heterocycles. The first-order chi connectivity index (χ1) is 12.3. The van der Waals surface area contributed by atoms with Gasteiger partial charge in [-0.1, -0.05) is 24.4 Å². The van der Waals surface area contributed by atoms with Gasteiger partial charge in [0.05, 0.1) is 0 Å². The predicted octanol–water partition coefficient (Wildman–Crippen LogP) is 3.52. The van der Waals surface area contributed by atoms with E-state index >= 15 is 0 Å². The van der Waals surface area contributed by atoms with Crippen LogP contribution in [0.1, 0.15) is 39.5 Å². The molecule has 26 heavy (non-hydrogen) atoms. The Morgan fingerprint density at radius 2 is 1.77 bits per heavy atom. The Labute approximate surface area is 162 Å². The molecule has 0 aliphatic heterocycles. The molecule has 3 amide bonds. The first-order valence-electron chi connectivity index (χ1n) is 8.59. The molecule has 0 bridgehead atoms. The average Bonchev–Trinajstić information content (AvgIpc) is 3.09. The van der Waals surface area contributed by atoms with E-state index in [1.54, 1.807) is 31.2 Å². The second kappa shape index (κ2) is 9.83. The molecular weight excluding hydrogens is 376 g/mol. The molecule has 1 aliphatic carbocycles. The van der Waals surface area contributed by atoms with Crippen molar-refractivity contribution >= 4 is 41.3 Å². The zero-order valence-electron chi connectivity index (χ0n) is 14.8. The smallest absolute Gasteiger partial charge is 0.321 e. The summed E-state index contributed by atoms with van der Waals surface area (Å²) in [6, 6.07) is 6.65. The van der Waals surface area contributed by atoms with Gasteiger partial charge in [-0.3, -0.25) is 14.9 Å². The number of thioether (sulfide) groups is 1. The zero-order chi connectivity index (χ0) is 19.1. The molecule has 0 spiro atoms. The SMILES string of the molecule is C[C@H](Sc1ccc(Cl)cc1)C(=O)O[C@H](C)C(=O)NC(=O)NC1CCCC1. The molecule has 1 aromatic carbocycles. The highest BCUT2D eigenvalue weighted by molar-refractivity contribution is 8.00. The van der Waals surface area contributed by atoms with Crippen molar-refractivity contribution in [1.29, 1.82) is 0 Å². The van der Waals surface area contributed by atoms with Crippen LogP contribution in [-0.4, -0.2) is 35.3 Å². The first kappa shape index (κ1) is 20.6. The minimum absolute atomic E-state index is 0.108. The number of carbonyl (C=O) groups excluding carboxylic acids is 3. The summed E-state index contributed by atoms with van der Waals surface area (Å²) in [5, 5.41) is 5.09. The fourth-order valence-electron chi connectivity index (χ4n) is 2.59. The Morgan fingerprint density at radius 1 is 1.15 bits per heavy atom. The number of halogens is 1. The van der Waals surface area contributed by atoms with Crippen LogP contribution in [0.15, 0.2) is 29.2 Å². The van der Waals surface area contributed by atoms with Crippen LogP contribution in [-0.2, 0) is 14.3 Å². The molecule has 2 atom stereocenters. The first-order valence-corrected chi connectivity index (χ1v) is 9.85. The molecule has 0 unspecified atom stereocenters. The third-order valence-corrected chi connectivity index (χ3v) is 5.39. The summed E-state index contributed by atoms with van der Waals surface area (Å²) in [5.74, 6) is -1.17. The average molecular weight is 399 g/mol. The van der Waals surface area contributed by atoms with E-state index in [1.807, 2.05) is 0 Å². The van der Waals surface area contributed by atoms with Crippen molar-refractivity contribution in [3.05, 3.63) is 29.3 Å². The van der Waals surface area contributed by atoms with E-state index in [-0.39, 0.29) is 6.04 Å². The van der Waals surface area contributed by atoms with Crippen LogP contribution < -0.4 is 10.6 Å². The second-order valence-corrected chi connectivity index (χ2v) is 8.09. The summed E-state index contributed by atoms with van der Waals surface area (Å²) in [5.41, 5.74) is 0. The summed E-state index contributed by atoms with van der Waals surface area (Å²) in [6.45, 7) is 3.13. The maximum Gasteiger partial charge on any atom is 0.321 e. The van der Waals surface area contributed by atoms with Gasteiger partial charge in [0, 0.05) is 16.0 Å². The lowest BCUT2D eigenvalue weighted by molar-refractivity contribution is -0.153. The predicted molar refractivity (Wildman–Crippen MR) is 101 cm³/mol. The third-order valence-electron chi connectivity index (χ3n) is 4.05. The third kappa shape index (κ3) is 6.53. The molecule has 1 fully saturated rings. The highest BCUT2D eigenvalue weighted by atomic mass is 35.5. The van der Waals surface area contributed by atoms with Crippen molar-refractivity contribution in [2.24, 2.45) is 0 Å². The maximum atomic E-state index is 12.1. The molecule has 6 nitrogen and oxygen atoms in total. The number of rotatable bonds is 6. The molecule has 0 heterocycles. The fourth-order valence-corrected chi connectivity index (χ4v) is 3.57.